The second-order valence-corrected chi connectivity index (χ2v) is 4.84. The molecule has 0 aliphatic heterocycles. The van der Waals surface area contributed by atoms with Gasteiger partial charge in [0.1, 0.15) is 11.5 Å². The van der Waals surface area contributed by atoms with Gasteiger partial charge >= 0.3 is 0 Å². The van der Waals surface area contributed by atoms with Crippen LogP contribution in [-0.2, 0) is 6.42 Å². The number of methoxy groups -OCH3 is 2. The Morgan fingerprint density at radius 3 is 2.75 bits per heavy atom. The van der Waals surface area contributed by atoms with Gasteiger partial charge in [-0.3, -0.25) is 0 Å². The number of hydrogen-bond acceptors (Lipinski definition) is 3. The molecule has 4 heteroatoms. The molecule has 1 aromatic rings. The van der Waals surface area contributed by atoms with E-state index < -0.39 is 0 Å². The molecule has 1 atom stereocenters. The molecule has 3 nitrogen and oxygen atoms in total. The minimum Gasteiger partial charge on any atom is -0.496 e. The lowest BCUT2D eigenvalue weighted by Crippen LogP contribution is -2.19. The Kier molecular flexibility index (Phi) is 3.40. The van der Waals surface area contributed by atoms with Crippen LogP contribution < -0.4 is 15.2 Å². The molecule has 0 fully saturated rings. The minimum atomic E-state index is 0.0464. The predicted octanol–water partition coefficient (Wildman–Crippen LogP) is 2.80. The van der Waals surface area contributed by atoms with Crippen LogP contribution in [0.2, 0.25) is 0 Å². The quantitative estimate of drug-likeness (QED) is 0.909. The van der Waals surface area contributed by atoms with E-state index >= 15 is 0 Å². The second-order valence-electron chi connectivity index (χ2n) is 3.98. The van der Waals surface area contributed by atoms with Crippen molar-refractivity contribution in [3.8, 4) is 11.5 Å². The summed E-state index contributed by atoms with van der Waals surface area (Å²) in [6.45, 7) is 0. The SMILES string of the molecule is COc1cc(Br)c(OC)c2c1CCC[C@@H]2N. The molecule has 1 aromatic carbocycles. The van der Waals surface area contributed by atoms with E-state index in [0.717, 1.165) is 40.8 Å². The van der Waals surface area contributed by atoms with Crippen LogP contribution in [0.25, 0.3) is 0 Å². The molecule has 0 aromatic heterocycles. The van der Waals surface area contributed by atoms with Gasteiger partial charge in [-0.05, 0) is 41.3 Å². The fourth-order valence-electron chi connectivity index (χ4n) is 2.35. The molecule has 0 radical (unpaired) electrons. The van der Waals surface area contributed by atoms with Crippen LogP contribution >= 0.6 is 15.9 Å². The number of benzene rings is 1. The van der Waals surface area contributed by atoms with Crippen LogP contribution in [0.5, 0.6) is 11.5 Å². The van der Waals surface area contributed by atoms with Crippen molar-refractivity contribution in [2.24, 2.45) is 5.73 Å². The van der Waals surface area contributed by atoms with Crippen LogP contribution in [0.15, 0.2) is 10.5 Å². The zero-order chi connectivity index (χ0) is 11.7. The lowest BCUT2D eigenvalue weighted by atomic mass is 9.87. The lowest BCUT2D eigenvalue weighted by Gasteiger charge is -2.26. The zero-order valence-corrected chi connectivity index (χ0v) is 11.1. The van der Waals surface area contributed by atoms with Gasteiger partial charge in [-0.25, -0.2) is 0 Å². The molecule has 88 valence electrons. The Labute approximate surface area is 104 Å². The lowest BCUT2D eigenvalue weighted by molar-refractivity contribution is 0.379. The van der Waals surface area contributed by atoms with E-state index in [1.165, 1.54) is 5.56 Å². The van der Waals surface area contributed by atoms with Crippen molar-refractivity contribution < 1.29 is 9.47 Å². The van der Waals surface area contributed by atoms with Crippen LogP contribution in [0.4, 0.5) is 0 Å². The largest absolute Gasteiger partial charge is 0.496 e. The summed E-state index contributed by atoms with van der Waals surface area (Å²) in [5.41, 5.74) is 8.45. The number of hydrogen-bond donors (Lipinski definition) is 1. The molecule has 0 amide bonds. The molecule has 0 unspecified atom stereocenters. The second kappa shape index (κ2) is 4.63. The van der Waals surface area contributed by atoms with Crippen molar-refractivity contribution in [1.29, 1.82) is 0 Å². The van der Waals surface area contributed by atoms with E-state index in [-0.39, 0.29) is 6.04 Å². The van der Waals surface area contributed by atoms with Crippen molar-refractivity contribution in [3.63, 3.8) is 0 Å². The molecule has 0 saturated carbocycles. The summed E-state index contributed by atoms with van der Waals surface area (Å²) in [5.74, 6) is 1.75. The smallest absolute Gasteiger partial charge is 0.138 e. The van der Waals surface area contributed by atoms with Gasteiger partial charge in [-0.2, -0.15) is 0 Å². The van der Waals surface area contributed by atoms with E-state index in [0.29, 0.717) is 0 Å². The first-order chi connectivity index (χ1) is 7.69. The van der Waals surface area contributed by atoms with Gasteiger partial charge in [0, 0.05) is 17.2 Å². The third-order valence-corrected chi connectivity index (χ3v) is 3.67. The maximum atomic E-state index is 6.16. The van der Waals surface area contributed by atoms with Crippen molar-refractivity contribution in [3.05, 3.63) is 21.7 Å². The Morgan fingerprint density at radius 1 is 1.38 bits per heavy atom. The first-order valence-electron chi connectivity index (χ1n) is 5.37. The van der Waals surface area contributed by atoms with Crippen LogP contribution in [0, 0.1) is 0 Å². The monoisotopic (exact) mass is 285 g/mol. The standard InChI is InChI=1S/C12H16BrNO2/c1-15-10-6-8(13)12(16-2)11-7(10)4-3-5-9(11)14/h6,9H,3-5,14H2,1-2H3/t9-/m0/s1. The van der Waals surface area contributed by atoms with Gasteiger partial charge < -0.3 is 15.2 Å². The average molecular weight is 286 g/mol. The third-order valence-electron chi connectivity index (χ3n) is 3.08. The summed E-state index contributed by atoms with van der Waals surface area (Å²) in [5, 5.41) is 0. The molecular weight excluding hydrogens is 270 g/mol. The Morgan fingerprint density at radius 2 is 2.12 bits per heavy atom. The topological polar surface area (TPSA) is 44.5 Å². The first-order valence-corrected chi connectivity index (χ1v) is 6.17. The van der Waals surface area contributed by atoms with Crippen LogP contribution in [0.3, 0.4) is 0 Å². The Balaban J connectivity index is 2.66. The molecule has 0 spiro atoms. The highest BCUT2D eigenvalue weighted by Gasteiger charge is 2.26. The minimum absolute atomic E-state index is 0.0464. The Hall–Kier alpha value is -0.740. The fraction of sp³-hybridized carbons (Fsp3) is 0.500. The highest BCUT2D eigenvalue weighted by molar-refractivity contribution is 9.10. The first kappa shape index (κ1) is 11.7. The van der Waals surface area contributed by atoms with Crippen molar-refractivity contribution in [2.45, 2.75) is 25.3 Å². The van der Waals surface area contributed by atoms with Gasteiger partial charge in [0.2, 0.25) is 0 Å². The van der Waals surface area contributed by atoms with Crippen molar-refractivity contribution in [1.82, 2.24) is 0 Å². The molecule has 0 heterocycles. The number of ether oxygens (including phenoxy) is 2. The highest BCUT2D eigenvalue weighted by atomic mass is 79.9. The van der Waals surface area contributed by atoms with E-state index in [2.05, 4.69) is 15.9 Å². The van der Waals surface area contributed by atoms with Crippen molar-refractivity contribution >= 4 is 15.9 Å². The summed E-state index contributed by atoms with van der Waals surface area (Å²) in [6.07, 6.45) is 3.12. The maximum Gasteiger partial charge on any atom is 0.138 e. The average Bonchev–Trinajstić information content (AvgIpc) is 2.29. The zero-order valence-electron chi connectivity index (χ0n) is 9.55. The number of fused-ring (bicyclic) bond motifs is 1. The third kappa shape index (κ3) is 1.80. The van der Waals surface area contributed by atoms with Crippen LogP contribution in [-0.4, -0.2) is 14.2 Å². The summed E-state index contributed by atoms with van der Waals surface area (Å²) >= 11 is 3.49. The molecule has 16 heavy (non-hydrogen) atoms. The number of nitrogens with two attached hydrogens (primary N) is 1. The number of rotatable bonds is 2. The normalized spacial score (nSPS) is 19.1. The van der Waals surface area contributed by atoms with Gasteiger partial charge in [0.15, 0.2) is 0 Å². The fourth-order valence-corrected chi connectivity index (χ4v) is 2.93. The van der Waals surface area contributed by atoms with E-state index in [1.54, 1.807) is 14.2 Å². The molecular formula is C12H16BrNO2. The molecule has 1 aliphatic carbocycles. The molecule has 2 rings (SSSR count). The van der Waals surface area contributed by atoms with Gasteiger partial charge in [-0.1, -0.05) is 0 Å². The summed E-state index contributed by atoms with van der Waals surface area (Å²) in [7, 11) is 3.36. The summed E-state index contributed by atoms with van der Waals surface area (Å²) in [6, 6.07) is 2.00. The van der Waals surface area contributed by atoms with Gasteiger partial charge in [-0.15, -0.1) is 0 Å². The highest BCUT2D eigenvalue weighted by Crippen LogP contribution is 2.44. The Bertz CT molecular complexity index is 406. The number of halogens is 1. The molecule has 1 aliphatic rings. The maximum absolute atomic E-state index is 6.16. The molecule has 2 N–H and O–H groups in total. The van der Waals surface area contributed by atoms with E-state index in [4.69, 9.17) is 15.2 Å². The van der Waals surface area contributed by atoms with Gasteiger partial charge in [0.25, 0.3) is 0 Å². The summed E-state index contributed by atoms with van der Waals surface area (Å²) < 4.78 is 11.7. The molecule has 0 saturated heterocycles. The predicted molar refractivity (Wildman–Crippen MR) is 67.1 cm³/mol. The van der Waals surface area contributed by atoms with Crippen molar-refractivity contribution in [2.75, 3.05) is 14.2 Å². The molecule has 0 bridgehead atoms. The summed E-state index contributed by atoms with van der Waals surface area (Å²) in [4.78, 5) is 0. The van der Waals surface area contributed by atoms with E-state index in [1.807, 2.05) is 6.07 Å². The van der Waals surface area contributed by atoms with E-state index in [9.17, 15) is 0 Å². The van der Waals surface area contributed by atoms with Gasteiger partial charge in [0.05, 0.1) is 18.7 Å². The van der Waals surface area contributed by atoms with Crippen LogP contribution in [0.1, 0.15) is 30.0 Å².